The number of aromatic nitrogens is 2. The van der Waals surface area contributed by atoms with Gasteiger partial charge in [-0.05, 0) is 55.1 Å². The SMILES string of the molecule is Cl.O=C(Cc1cccc2ccccc12)Nc1cn(C2CC(NC(=O)C3CCNCC3)C2)cn1. The molecule has 1 aromatic heterocycles. The first-order valence-electron chi connectivity index (χ1n) is 11.5. The van der Waals surface area contributed by atoms with Crippen molar-refractivity contribution < 1.29 is 9.59 Å². The summed E-state index contributed by atoms with van der Waals surface area (Å²) in [6, 6.07) is 14.7. The van der Waals surface area contributed by atoms with E-state index < -0.39 is 0 Å². The summed E-state index contributed by atoms with van der Waals surface area (Å²) in [4.78, 5) is 29.4. The molecule has 2 aliphatic rings. The van der Waals surface area contributed by atoms with Gasteiger partial charge in [0.15, 0.2) is 5.82 Å². The highest BCUT2D eigenvalue weighted by atomic mass is 35.5. The third kappa shape index (κ3) is 5.37. The zero-order valence-corrected chi connectivity index (χ0v) is 19.3. The van der Waals surface area contributed by atoms with Gasteiger partial charge in [-0.25, -0.2) is 4.98 Å². The third-order valence-electron chi connectivity index (χ3n) is 6.69. The number of carbonyl (C=O) groups excluding carboxylic acids is 2. The Bertz CT molecular complexity index is 1110. The molecule has 2 aromatic carbocycles. The highest BCUT2D eigenvalue weighted by molar-refractivity contribution is 5.95. The van der Waals surface area contributed by atoms with Crippen LogP contribution in [0.1, 0.15) is 37.3 Å². The minimum absolute atomic E-state index is 0. The van der Waals surface area contributed by atoms with Crippen LogP contribution in [0.25, 0.3) is 10.8 Å². The maximum absolute atomic E-state index is 12.6. The minimum Gasteiger partial charge on any atom is -0.353 e. The first kappa shape index (κ1) is 23.3. The van der Waals surface area contributed by atoms with Crippen molar-refractivity contribution in [2.75, 3.05) is 18.4 Å². The second-order valence-corrected chi connectivity index (χ2v) is 8.92. The second-order valence-electron chi connectivity index (χ2n) is 8.92. The van der Waals surface area contributed by atoms with Gasteiger partial charge >= 0.3 is 0 Å². The van der Waals surface area contributed by atoms with E-state index in [2.05, 4.69) is 33.1 Å². The average molecular weight is 468 g/mol. The molecule has 0 atom stereocenters. The molecular weight excluding hydrogens is 438 g/mol. The van der Waals surface area contributed by atoms with Gasteiger partial charge < -0.3 is 20.5 Å². The fourth-order valence-corrected chi connectivity index (χ4v) is 4.76. The first-order chi connectivity index (χ1) is 15.7. The van der Waals surface area contributed by atoms with Crippen molar-refractivity contribution in [3.05, 3.63) is 60.6 Å². The van der Waals surface area contributed by atoms with Crippen LogP contribution in [-0.4, -0.2) is 40.5 Å². The summed E-state index contributed by atoms with van der Waals surface area (Å²) in [5, 5.41) is 11.6. The molecule has 2 heterocycles. The monoisotopic (exact) mass is 467 g/mol. The second kappa shape index (κ2) is 10.4. The molecule has 3 N–H and O–H groups in total. The van der Waals surface area contributed by atoms with E-state index in [0.29, 0.717) is 18.3 Å². The van der Waals surface area contributed by atoms with Gasteiger partial charge in [0.2, 0.25) is 11.8 Å². The van der Waals surface area contributed by atoms with Crippen LogP contribution in [-0.2, 0) is 16.0 Å². The molecule has 0 radical (unpaired) electrons. The highest BCUT2D eigenvalue weighted by Crippen LogP contribution is 2.33. The molecule has 0 spiro atoms. The predicted octanol–water partition coefficient (Wildman–Crippen LogP) is 3.46. The number of nitrogens with one attached hydrogen (secondary N) is 3. The Morgan fingerprint density at radius 3 is 2.64 bits per heavy atom. The number of fused-ring (bicyclic) bond motifs is 1. The van der Waals surface area contributed by atoms with Crippen LogP contribution in [0.3, 0.4) is 0 Å². The van der Waals surface area contributed by atoms with Crippen LogP contribution in [0.5, 0.6) is 0 Å². The van der Waals surface area contributed by atoms with Crippen LogP contribution in [0.4, 0.5) is 5.82 Å². The zero-order chi connectivity index (χ0) is 21.9. The summed E-state index contributed by atoms with van der Waals surface area (Å²) < 4.78 is 2.04. The van der Waals surface area contributed by atoms with E-state index in [1.165, 1.54) is 0 Å². The van der Waals surface area contributed by atoms with Crippen molar-refractivity contribution in [1.29, 1.82) is 0 Å². The average Bonchev–Trinajstić information content (AvgIpc) is 3.24. The number of halogens is 1. The van der Waals surface area contributed by atoms with Gasteiger partial charge in [-0.2, -0.15) is 0 Å². The Balaban J connectivity index is 0.00000259. The molecule has 3 aromatic rings. The van der Waals surface area contributed by atoms with Crippen LogP contribution in [0.2, 0.25) is 0 Å². The van der Waals surface area contributed by atoms with Crippen molar-refractivity contribution >= 4 is 40.8 Å². The molecule has 0 unspecified atom stereocenters. The van der Waals surface area contributed by atoms with Crippen LogP contribution in [0, 0.1) is 5.92 Å². The van der Waals surface area contributed by atoms with Crippen LogP contribution >= 0.6 is 12.4 Å². The van der Waals surface area contributed by atoms with Gasteiger partial charge in [0.05, 0.1) is 12.7 Å². The molecule has 2 amide bonds. The summed E-state index contributed by atoms with van der Waals surface area (Å²) >= 11 is 0. The lowest BCUT2D eigenvalue weighted by Gasteiger charge is -2.37. The van der Waals surface area contributed by atoms with E-state index in [9.17, 15) is 9.59 Å². The number of nitrogens with zero attached hydrogens (tertiary/aromatic N) is 2. The molecule has 5 rings (SSSR count). The minimum atomic E-state index is -0.0766. The van der Waals surface area contributed by atoms with E-state index in [1.807, 2.05) is 41.1 Å². The normalized spacial score (nSPS) is 20.5. The first-order valence-corrected chi connectivity index (χ1v) is 11.5. The van der Waals surface area contributed by atoms with Gasteiger partial charge in [-0.1, -0.05) is 42.5 Å². The molecule has 174 valence electrons. The van der Waals surface area contributed by atoms with E-state index >= 15 is 0 Å². The van der Waals surface area contributed by atoms with E-state index in [4.69, 9.17) is 0 Å². The lowest BCUT2D eigenvalue weighted by molar-refractivity contribution is -0.127. The van der Waals surface area contributed by atoms with Crippen molar-refractivity contribution in [1.82, 2.24) is 20.2 Å². The third-order valence-corrected chi connectivity index (χ3v) is 6.69. The summed E-state index contributed by atoms with van der Waals surface area (Å²) in [5.74, 6) is 0.832. The van der Waals surface area contributed by atoms with Crippen molar-refractivity contribution in [2.45, 2.75) is 44.2 Å². The van der Waals surface area contributed by atoms with Crippen LogP contribution in [0.15, 0.2) is 55.0 Å². The molecule has 33 heavy (non-hydrogen) atoms. The highest BCUT2D eigenvalue weighted by Gasteiger charge is 2.33. The van der Waals surface area contributed by atoms with E-state index in [-0.39, 0.29) is 36.2 Å². The molecule has 1 aliphatic heterocycles. The lowest BCUT2D eigenvalue weighted by atomic mass is 9.85. The fourth-order valence-electron chi connectivity index (χ4n) is 4.76. The predicted molar refractivity (Wildman–Crippen MR) is 132 cm³/mol. The van der Waals surface area contributed by atoms with Gasteiger partial charge in [0.25, 0.3) is 0 Å². The molecule has 1 aliphatic carbocycles. The largest absolute Gasteiger partial charge is 0.353 e. The number of anilines is 1. The topological polar surface area (TPSA) is 88.0 Å². The van der Waals surface area contributed by atoms with Crippen molar-refractivity contribution in [2.24, 2.45) is 5.92 Å². The summed E-state index contributed by atoms with van der Waals surface area (Å²) in [6.45, 7) is 1.85. The number of carbonyl (C=O) groups is 2. The molecular formula is C25H30ClN5O2. The van der Waals surface area contributed by atoms with Crippen molar-refractivity contribution in [3.8, 4) is 0 Å². The fraction of sp³-hybridized carbons (Fsp3) is 0.400. The zero-order valence-electron chi connectivity index (χ0n) is 18.5. The van der Waals surface area contributed by atoms with E-state index in [1.54, 1.807) is 6.33 Å². The Labute approximate surface area is 199 Å². The maximum Gasteiger partial charge on any atom is 0.230 e. The van der Waals surface area contributed by atoms with E-state index in [0.717, 1.165) is 55.1 Å². The molecule has 8 heteroatoms. The summed E-state index contributed by atoms with van der Waals surface area (Å²) in [6.07, 6.45) is 7.60. The van der Waals surface area contributed by atoms with Crippen LogP contribution < -0.4 is 16.0 Å². The number of piperidine rings is 1. The molecule has 0 bridgehead atoms. The number of hydrogen-bond donors (Lipinski definition) is 3. The van der Waals surface area contributed by atoms with Crippen molar-refractivity contribution in [3.63, 3.8) is 0 Å². The Kier molecular flexibility index (Phi) is 7.30. The molecule has 1 saturated carbocycles. The van der Waals surface area contributed by atoms with Gasteiger partial charge in [-0.3, -0.25) is 9.59 Å². The summed E-state index contributed by atoms with van der Waals surface area (Å²) in [7, 11) is 0. The molecule has 1 saturated heterocycles. The smallest absolute Gasteiger partial charge is 0.230 e. The Morgan fingerprint density at radius 2 is 1.82 bits per heavy atom. The maximum atomic E-state index is 12.6. The number of amides is 2. The standard InChI is InChI=1S/C25H29N5O2.ClH/c31-24(12-19-6-3-5-17-4-1-2-7-22(17)19)29-23-15-30(16-27-23)21-13-20(14-21)28-25(32)18-8-10-26-11-9-18;/h1-7,15-16,18,20-21,26H,8-14H2,(H,28,32)(H,29,31);1H. The van der Waals surface area contributed by atoms with Gasteiger partial charge in [-0.15, -0.1) is 12.4 Å². The molecule has 7 nitrogen and oxygen atoms in total. The number of rotatable bonds is 6. The summed E-state index contributed by atoms with van der Waals surface area (Å²) in [5.41, 5.74) is 1.01. The molecule has 2 fully saturated rings. The number of imidazole rings is 1. The number of benzene rings is 2. The van der Waals surface area contributed by atoms with Gasteiger partial charge in [0.1, 0.15) is 0 Å². The quantitative estimate of drug-likeness (QED) is 0.518. The number of hydrogen-bond acceptors (Lipinski definition) is 4. The van der Waals surface area contributed by atoms with Gasteiger partial charge in [0, 0.05) is 24.2 Å². The Hall–Kier alpha value is -2.90. The lowest BCUT2D eigenvalue weighted by Crippen LogP contribution is -2.48. The Morgan fingerprint density at radius 1 is 1.06 bits per heavy atom.